The van der Waals surface area contributed by atoms with Crippen molar-refractivity contribution >= 4 is 17.7 Å². The molecule has 1 aliphatic heterocycles. The second kappa shape index (κ2) is 6.03. The molecule has 130 valence electrons. The van der Waals surface area contributed by atoms with E-state index < -0.39 is 17.1 Å². The number of carbonyl (C=O) groups excluding carboxylic acids is 2. The van der Waals surface area contributed by atoms with E-state index in [0.29, 0.717) is 12.1 Å². The molecule has 25 heavy (non-hydrogen) atoms. The Hall–Kier alpha value is -2.62. The van der Waals surface area contributed by atoms with Crippen molar-refractivity contribution in [3.05, 3.63) is 65.7 Å². The van der Waals surface area contributed by atoms with Gasteiger partial charge in [-0.05, 0) is 51.3 Å². The Balaban J connectivity index is 2.02. The zero-order chi connectivity index (χ0) is 18.2. The third-order valence-electron chi connectivity index (χ3n) is 4.39. The lowest BCUT2D eigenvalue weighted by Crippen LogP contribution is -2.45. The third kappa shape index (κ3) is 3.16. The van der Waals surface area contributed by atoms with Gasteiger partial charge in [-0.15, -0.1) is 0 Å². The number of hydrogen-bond acceptors (Lipinski definition) is 3. The average Bonchev–Trinajstić information content (AvgIpc) is 2.75. The Kier molecular flexibility index (Phi) is 4.15. The first-order valence-corrected chi connectivity index (χ1v) is 8.43. The highest BCUT2D eigenvalue weighted by molar-refractivity contribution is 6.21. The van der Waals surface area contributed by atoms with Crippen LogP contribution in [-0.2, 0) is 21.4 Å². The average molecular weight is 337 g/mol. The van der Waals surface area contributed by atoms with Gasteiger partial charge in [0.05, 0.1) is 11.1 Å². The number of hydrogen-bond donors (Lipinski definition) is 0. The lowest BCUT2D eigenvalue weighted by atomic mass is 9.78. The molecule has 2 amide bonds. The molecule has 1 atom stereocenters. The van der Waals surface area contributed by atoms with Crippen LogP contribution in [0.3, 0.4) is 0 Å². The van der Waals surface area contributed by atoms with Gasteiger partial charge in [0.2, 0.25) is 5.91 Å². The SMILES string of the molecule is CC(C)(C)OC(=O)N1C(=O)[C@](C)(Cc2ccccc2)c2ccccc21. The number of nitrogens with zero attached hydrogens (tertiary/aromatic N) is 1. The molecule has 0 saturated heterocycles. The van der Waals surface area contributed by atoms with Gasteiger partial charge in [0.25, 0.3) is 0 Å². The van der Waals surface area contributed by atoms with Gasteiger partial charge in [-0.3, -0.25) is 4.79 Å². The molecule has 0 radical (unpaired) electrons. The minimum atomic E-state index is -0.797. The smallest absolute Gasteiger partial charge is 0.421 e. The number of rotatable bonds is 2. The summed E-state index contributed by atoms with van der Waals surface area (Å²) in [5.41, 5.74) is 1.06. The summed E-state index contributed by atoms with van der Waals surface area (Å²) in [6.45, 7) is 7.27. The van der Waals surface area contributed by atoms with Crippen molar-refractivity contribution in [3.8, 4) is 0 Å². The Morgan fingerprint density at radius 3 is 2.28 bits per heavy atom. The summed E-state index contributed by atoms with van der Waals surface area (Å²) in [5.74, 6) is -0.244. The Bertz CT molecular complexity index is 807. The molecule has 1 heterocycles. The number of amides is 2. The highest BCUT2D eigenvalue weighted by Gasteiger charge is 2.50. The fourth-order valence-electron chi connectivity index (χ4n) is 3.27. The number of carbonyl (C=O) groups is 2. The van der Waals surface area contributed by atoms with E-state index in [1.165, 1.54) is 4.90 Å². The molecule has 4 nitrogen and oxygen atoms in total. The van der Waals surface area contributed by atoms with Crippen LogP contribution in [0.25, 0.3) is 0 Å². The van der Waals surface area contributed by atoms with Crippen LogP contribution < -0.4 is 4.90 Å². The Labute approximate surface area is 148 Å². The molecule has 0 spiro atoms. The van der Waals surface area contributed by atoms with E-state index in [0.717, 1.165) is 11.1 Å². The first kappa shape index (κ1) is 17.2. The van der Waals surface area contributed by atoms with Gasteiger partial charge in [0.1, 0.15) is 5.60 Å². The van der Waals surface area contributed by atoms with Gasteiger partial charge in [0, 0.05) is 0 Å². The van der Waals surface area contributed by atoms with Crippen LogP contribution >= 0.6 is 0 Å². The van der Waals surface area contributed by atoms with Gasteiger partial charge < -0.3 is 4.74 Å². The number of imide groups is 1. The topological polar surface area (TPSA) is 46.6 Å². The van der Waals surface area contributed by atoms with Crippen molar-refractivity contribution in [2.75, 3.05) is 4.90 Å². The van der Waals surface area contributed by atoms with Crippen molar-refractivity contribution in [3.63, 3.8) is 0 Å². The molecule has 0 N–H and O–H groups in total. The molecule has 4 heteroatoms. The molecule has 0 aromatic heterocycles. The summed E-state index contributed by atoms with van der Waals surface area (Å²) in [6.07, 6.45) is -0.0927. The van der Waals surface area contributed by atoms with E-state index in [2.05, 4.69) is 0 Å². The quantitative estimate of drug-likeness (QED) is 0.812. The van der Waals surface area contributed by atoms with Gasteiger partial charge in [-0.25, -0.2) is 9.69 Å². The van der Waals surface area contributed by atoms with Crippen LogP contribution in [0.2, 0.25) is 0 Å². The van der Waals surface area contributed by atoms with Crippen LogP contribution in [0, 0.1) is 0 Å². The standard InChI is InChI=1S/C21H23NO3/c1-20(2,3)25-19(24)22-17-13-9-8-12-16(17)21(4,18(22)23)14-15-10-6-5-7-11-15/h5-13H,14H2,1-4H3/t21-/m1/s1. The minimum Gasteiger partial charge on any atom is -0.443 e. The third-order valence-corrected chi connectivity index (χ3v) is 4.39. The predicted octanol–water partition coefficient (Wildman–Crippen LogP) is 4.47. The second-order valence-electron chi connectivity index (χ2n) is 7.63. The fraction of sp³-hybridized carbons (Fsp3) is 0.333. The van der Waals surface area contributed by atoms with E-state index >= 15 is 0 Å². The minimum absolute atomic E-state index is 0.244. The molecule has 2 aromatic carbocycles. The van der Waals surface area contributed by atoms with Crippen LogP contribution in [0.5, 0.6) is 0 Å². The van der Waals surface area contributed by atoms with E-state index in [4.69, 9.17) is 4.74 Å². The Morgan fingerprint density at radius 2 is 1.64 bits per heavy atom. The summed E-state index contributed by atoms with van der Waals surface area (Å²) in [6, 6.07) is 17.3. The molecule has 3 rings (SSSR count). The molecule has 0 aliphatic carbocycles. The monoisotopic (exact) mass is 337 g/mol. The maximum atomic E-state index is 13.2. The second-order valence-corrected chi connectivity index (χ2v) is 7.63. The lowest BCUT2D eigenvalue weighted by molar-refractivity contribution is -0.122. The zero-order valence-corrected chi connectivity index (χ0v) is 15.1. The molecule has 0 bridgehead atoms. The van der Waals surface area contributed by atoms with Crippen molar-refractivity contribution < 1.29 is 14.3 Å². The largest absolute Gasteiger partial charge is 0.443 e. The number of anilines is 1. The van der Waals surface area contributed by atoms with E-state index in [1.807, 2.05) is 55.5 Å². The predicted molar refractivity (Wildman–Crippen MR) is 97.7 cm³/mol. The normalized spacial score (nSPS) is 19.7. The molecular weight excluding hydrogens is 314 g/mol. The maximum absolute atomic E-state index is 13.2. The van der Waals surface area contributed by atoms with Crippen LogP contribution in [-0.4, -0.2) is 17.6 Å². The number of fused-ring (bicyclic) bond motifs is 1. The first-order chi connectivity index (χ1) is 11.7. The van der Waals surface area contributed by atoms with Crippen LogP contribution in [0.4, 0.5) is 10.5 Å². The van der Waals surface area contributed by atoms with Crippen molar-refractivity contribution in [2.24, 2.45) is 0 Å². The van der Waals surface area contributed by atoms with Gasteiger partial charge in [-0.1, -0.05) is 48.5 Å². The summed E-state index contributed by atoms with van der Waals surface area (Å²) in [5, 5.41) is 0. The van der Waals surface area contributed by atoms with Gasteiger partial charge in [-0.2, -0.15) is 0 Å². The van der Waals surface area contributed by atoms with Crippen molar-refractivity contribution in [1.82, 2.24) is 0 Å². The van der Waals surface area contributed by atoms with Gasteiger partial charge in [0.15, 0.2) is 0 Å². The number of ether oxygens (including phenoxy) is 1. The van der Waals surface area contributed by atoms with Crippen molar-refractivity contribution in [2.45, 2.75) is 45.1 Å². The molecule has 0 fully saturated rings. The summed E-state index contributed by atoms with van der Waals surface area (Å²) in [7, 11) is 0. The molecule has 1 aliphatic rings. The van der Waals surface area contributed by atoms with Crippen molar-refractivity contribution in [1.29, 1.82) is 0 Å². The first-order valence-electron chi connectivity index (χ1n) is 8.43. The van der Waals surface area contributed by atoms with Gasteiger partial charge >= 0.3 is 6.09 Å². The molecule has 0 unspecified atom stereocenters. The fourth-order valence-corrected chi connectivity index (χ4v) is 3.27. The molecule has 2 aromatic rings. The lowest BCUT2D eigenvalue weighted by Gasteiger charge is -2.26. The van der Waals surface area contributed by atoms with Crippen LogP contribution in [0.15, 0.2) is 54.6 Å². The highest BCUT2D eigenvalue weighted by atomic mass is 16.6. The molecular formula is C21H23NO3. The summed E-state index contributed by atoms with van der Waals surface area (Å²) >= 11 is 0. The number of para-hydroxylation sites is 1. The zero-order valence-electron chi connectivity index (χ0n) is 15.1. The maximum Gasteiger partial charge on any atom is 0.421 e. The molecule has 0 saturated carbocycles. The number of benzene rings is 2. The Morgan fingerprint density at radius 1 is 1.04 bits per heavy atom. The van der Waals surface area contributed by atoms with E-state index in [-0.39, 0.29) is 5.91 Å². The summed E-state index contributed by atoms with van der Waals surface area (Å²) < 4.78 is 5.46. The van der Waals surface area contributed by atoms with Crippen LogP contribution in [0.1, 0.15) is 38.8 Å². The van der Waals surface area contributed by atoms with E-state index in [9.17, 15) is 9.59 Å². The van der Waals surface area contributed by atoms with E-state index in [1.54, 1.807) is 26.8 Å². The highest BCUT2D eigenvalue weighted by Crippen LogP contribution is 2.44. The summed E-state index contributed by atoms with van der Waals surface area (Å²) in [4.78, 5) is 27.1.